The van der Waals surface area contributed by atoms with Crippen molar-refractivity contribution in [3.8, 4) is 0 Å². The van der Waals surface area contributed by atoms with Gasteiger partial charge in [-0.25, -0.2) is 0 Å². The number of nitrogens with zero attached hydrogens (tertiary/aromatic N) is 2. The van der Waals surface area contributed by atoms with E-state index in [4.69, 9.17) is 38.7 Å². The van der Waals surface area contributed by atoms with E-state index >= 15 is 0 Å². The highest BCUT2D eigenvalue weighted by molar-refractivity contribution is 7.76. The van der Waals surface area contributed by atoms with E-state index in [0.717, 1.165) is 0 Å². The number of hydrogen-bond donors (Lipinski definition) is 0. The Balaban J connectivity index is 2.04. The number of fused-ring (bicyclic) bond motifs is 1. The van der Waals surface area contributed by atoms with Gasteiger partial charge in [0, 0.05) is 72.2 Å². The van der Waals surface area contributed by atoms with E-state index in [1.165, 1.54) is 11.4 Å². The predicted octanol–water partition coefficient (Wildman–Crippen LogP) is -1.34. The second-order valence-electron chi connectivity index (χ2n) is 7.19. The second kappa shape index (κ2) is 6.32. The third kappa shape index (κ3) is 2.31. The molecule has 2 aliphatic heterocycles. The van der Waals surface area contributed by atoms with Gasteiger partial charge >= 0.3 is 0 Å². The smallest absolute Gasteiger partial charge is 0.153 e. The number of hydrogen-bond acceptors (Lipinski definition) is 2. The quantitative estimate of drug-likeness (QED) is 0.621. The summed E-state index contributed by atoms with van der Waals surface area (Å²) in [4.78, 5) is 4.66. The number of para-hydroxylation sites is 2. The molecular formula is C12H15B10N2. The summed E-state index contributed by atoms with van der Waals surface area (Å²) < 4.78 is 0. The summed E-state index contributed by atoms with van der Waals surface area (Å²) in [7, 11) is 34.1. The van der Waals surface area contributed by atoms with Gasteiger partial charge in [0.1, 0.15) is 0 Å². The molecule has 1 aromatic carbocycles. The van der Waals surface area contributed by atoms with Gasteiger partial charge in [-0.15, -0.1) is 5.11 Å². The fourth-order valence-corrected chi connectivity index (χ4v) is 4.87. The molecule has 103 valence electrons. The van der Waals surface area contributed by atoms with Gasteiger partial charge < -0.3 is 9.80 Å². The standard InChI is InChI=1S/C12H15B10N2/c1-8-23(3)9-6-4-5-7-10(9)24(8)11-12(19(11)2,20(14)15)21(18-13)22(16)17/h4-8,11H,1-3H3/t8-,11?,12?/m0/s1. The molecule has 2 nitrogen and oxygen atoms in total. The average molecular weight is 295 g/mol. The second-order valence-corrected chi connectivity index (χ2v) is 7.19. The van der Waals surface area contributed by atoms with Crippen LogP contribution in [0.4, 0.5) is 11.4 Å². The van der Waals surface area contributed by atoms with Gasteiger partial charge in [-0.05, 0) is 25.0 Å². The molecule has 2 unspecified atom stereocenters. The summed E-state index contributed by atoms with van der Waals surface area (Å²) in [5.41, 5.74) is 2.39. The van der Waals surface area contributed by atoms with Crippen LogP contribution in [0.3, 0.4) is 0 Å². The first-order chi connectivity index (χ1) is 11.3. The molecule has 1 saturated heterocycles. The van der Waals surface area contributed by atoms with Crippen LogP contribution >= 0.6 is 0 Å². The van der Waals surface area contributed by atoms with Gasteiger partial charge in [0.2, 0.25) is 0 Å². The Hall–Kier alpha value is -0.531. The van der Waals surface area contributed by atoms with Crippen LogP contribution in [0.5, 0.6) is 0 Å². The third-order valence-corrected chi connectivity index (χ3v) is 6.24. The summed E-state index contributed by atoms with van der Waals surface area (Å²) in [5.74, 6) is 0.137. The van der Waals surface area contributed by atoms with E-state index in [2.05, 4.69) is 54.9 Å². The normalized spacial score (nSPS) is 27.7. The zero-order valence-corrected chi connectivity index (χ0v) is 14.6. The largest absolute Gasteiger partial charge is 0.356 e. The van der Waals surface area contributed by atoms with Crippen LogP contribution < -0.4 is 9.80 Å². The number of rotatable bonds is 5. The number of anilines is 2. The van der Waals surface area contributed by atoms with Gasteiger partial charge in [-0.3, -0.25) is 0 Å². The lowest BCUT2D eigenvalue weighted by Gasteiger charge is -2.38. The lowest BCUT2D eigenvalue weighted by molar-refractivity contribution is 0.659. The summed E-state index contributed by atoms with van der Waals surface area (Å²) >= 11 is 0. The molecule has 2 aliphatic rings. The zero-order chi connectivity index (χ0) is 17.8. The summed E-state index contributed by atoms with van der Waals surface area (Å²) in [6.07, 6.45) is -0.397. The first-order valence-electron chi connectivity index (χ1n) is 8.47. The molecule has 0 amide bonds. The van der Waals surface area contributed by atoms with E-state index in [9.17, 15) is 0 Å². The van der Waals surface area contributed by atoms with Crippen molar-refractivity contribution in [2.24, 2.45) is 0 Å². The van der Waals surface area contributed by atoms with Crippen molar-refractivity contribution in [2.45, 2.75) is 31.0 Å². The molecule has 11 radical (unpaired) electrons. The summed E-state index contributed by atoms with van der Waals surface area (Å²) in [6, 6.07) is 8.37. The van der Waals surface area contributed by atoms with E-state index in [1.807, 2.05) is 0 Å². The van der Waals surface area contributed by atoms with Crippen LogP contribution in [0.2, 0.25) is 11.9 Å². The molecule has 1 fully saturated rings. The van der Waals surface area contributed by atoms with Gasteiger partial charge in [0.15, 0.2) is 6.71 Å². The van der Waals surface area contributed by atoms with Crippen LogP contribution in [0.25, 0.3) is 0 Å². The lowest BCUT2D eigenvalue weighted by Crippen LogP contribution is -2.57. The van der Waals surface area contributed by atoms with Gasteiger partial charge in [-0.1, -0.05) is 19.0 Å². The van der Waals surface area contributed by atoms with Crippen molar-refractivity contribution in [3.05, 3.63) is 24.3 Å². The molecule has 3 rings (SSSR count). The maximum Gasteiger partial charge on any atom is 0.153 e. The molecule has 0 bridgehead atoms. The Morgan fingerprint density at radius 1 is 1.17 bits per heavy atom. The van der Waals surface area contributed by atoms with Crippen LogP contribution in [0, 0.1) is 0 Å². The highest BCUT2D eigenvalue weighted by Crippen LogP contribution is 2.60. The highest BCUT2D eigenvalue weighted by Gasteiger charge is 2.70. The van der Waals surface area contributed by atoms with E-state index < -0.39 is 18.0 Å². The SMILES string of the molecule is [B][B]B(B([B])[B])C1(B([B])[B])B(C)C1N1c2ccccc2N(C)[C@@H]1C. The van der Waals surface area contributed by atoms with Crippen molar-refractivity contribution >= 4 is 83.2 Å². The van der Waals surface area contributed by atoms with Gasteiger partial charge in [0.25, 0.3) is 0 Å². The van der Waals surface area contributed by atoms with Crippen LogP contribution in [0.1, 0.15) is 6.92 Å². The Bertz CT molecular complexity index is 615. The van der Waals surface area contributed by atoms with Crippen LogP contribution in [-0.2, 0) is 0 Å². The molecule has 0 spiro atoms. The third-order valence-electron chi connectivity index (χ3n) is 6.24. The van der Waals surface area contributed by atoms with E-state index in [0.29, 0.717) is 0 Å². The van der Waals surface area contributed by atoms with Crippen LogP contribution in [0.15, 0.2) is 24.3 Å². The topological polar surface area (TPSA) is 6.48 Å². The highest BCUT2D eigenvalue weighted by atomic mass is 15.4. The Morgan fingerprint density at radius 2 is 1.75 bits per heavy atom. The molecule has 1 aromatic rings. The van der Waals surface area contributed by atoms with Gasteiger partial charge in [-0.2, -0.15) is 0 Å². The first-order valence-corrected chi connectivity index (χ1v) is 8.47. The van der Waals surface area contributed by atoms with Crippen molar-refractivity contribution in [3.63, 3.8) is 0 Å². The minimum atomic E-state index is -0.595. The monoisotopic (exact) mass is 297 g/mol. The molecule has 24 heavy (non-hydrogen) atoms. The molecule has 0 aliphatic carbocycles. The van der Waals surface area contributed by atoms with E-state index in [-0.39, 0.29) is 25.3 Å². The maximum atomic E-state index is 6.25. The predicted molar refractivity (Wildman–Crippen MR) is 117 cm³/mol. The van der Waals surface area contributed by atoms with Crippen molar-refractivity contribution in [1.29, 1.82) is 0 Å². The fraction of sp³-hybridized carbons (Fsp3) is 0.500. The molecule has 12 heteroatoms. The molecule has 0 aromatic heterocycles. The Labute approximate surface area is 155 Å². The number of benzene rings is 1. The fourth-order valence-electron chi connectivity index (χ4n) is 4.87. The van der Waals surface area contributed by atoms with Gasteiger partial charge in [0.05, 0.1) is 17.5 Å². The van der Waals surface area contributed by atoms with Crippen LogP contribution in [-0.4, -0.2) is 91.0 Å². The van der Waals surface area contributed by atoms with Crippen molar-refractivity contribution in [1.82, 2.24) is 0 Å². The zero-order valence-electron chi connectivity index (χ0n) is 14.6. The average Bonchev–Trinajstić information content (AvgIpc) is 3.05. The minimum absolute atomic E-state index is 0.137. The molecule has 3 atom stereocenters. The summed E-state index contributed by atoms with van der Waals surface area (Å²) in [5, 5.41) is -0.435. The maximum absolute atomic E-state index is 6.25. The molecule has 0 saturated carbocycles. The Kier molecular flexibility index (Phi) is 4.81. The Morgan fingerprint density at radius 3 is 2.25 bits per heavy atom. The molecule has 0 N–H and O–H groups in total. The van der Waals surface area contributed by atoms with Crippen molar-refractivity contribution < 1.29 is 0 Å². The summed E-state index contributed by atoms with van der Waals surface area (Å²) in [6.45, 7) is 3.77. The van der Waals surface area contributed by atoms with E-state index in [1.54, 1.807) is 7.06 Å². The molecular weight excluding hydrogens is 280 g/mol. The lowest BCUT2D eigenvalue weighted by atomic mass is 8.73. The van der Waals surface area contributed by atoms with Crippen molar-refractivity contribution in [2.75, 3.05) is 16.8 Å². The minimum Gasteiger partial charge on any atom is -0.356 e. The molecule has 2 heterocycles. The first kappa shape index (κ1) is 18.3.